The quantitative estimate of drug-likeness (QED) is 0.265. The predicted octanol–water partition coefficient (Wildman–Crippen LogP) is 0.0151. The van der Waals surface area contributed by atoms with Crippen LogP contribution in [-0.2, 0) is 4.74 Å². The molecular formula is C13H22O7. The number of aliphatic hydroxyl groups excluding tert-OH is 4. The molecule has 1 rings (SSSR count). The second-order valence-electron chi connectivity index (χ2n) is 4.89. The van der Waals surface area contributed by atoms with Crippen molar-refractivity contribution < 1.29 is 35.1 Å². The van der Waals surface area contributed by atoms with Gasteiger partial charge in [-0.2, -0.15) is 0 Å². The van der Waals surface area contributed by atoms with Crippen molar-refractivity contribution in [3.63, 3.8) is 0 Å². The first-order valence-corrected chi connectivity index (χ1v) is 6.70. The Hall–Kier alpha value is -1.15. The smallest absolute Gasteiger partial charge is 0.450 e. The Morgan fingerprint density at radius 2 is 1.80 bits per heavy atom. The van der Waals surface area contributed by atoms with Crippen LogP contribution in [0.15, 0.2) is 11.1 Å². The Labute approximate surface area is 117 Å². The van der Waals surface area contributed by atoms with E-state index in [0.29, 0.717) is 12.0 Å². The van der Waals surface area contributed by atoms with Gasteiger partial charge in [-0.05, 0) is 24.0 Å². The lowest BCUT2D eigenvalue weighted by atomic mass is 9.81. The first-order valence-electron chi connectivity index (χ1n) is 6.70. The highest BCUT2D eigenvalue weighted by atomic mass is 16.7. The standard InChI is InChI=1S/C13H22O7/c1-2-3-4-5-7-8(6-14)10(16)12(20-13(18)19)11(17)9(7)15/h9-12,14-17H,2-6H2,1H3,(H,18,19)/t9-,10+,11-,12-/m0/s1. The van der Waals surface area contributed by atoms with Crippen LogP contribution in [0, 0.1) is 0 Å². The highest BCUT2D eigenvalue weighted by Crippen LogP contribution is 2.31. The summed E-state index contributed by atoms with van der Waals surface area (Å²) in [4.78, 5) is 10.5. The van der Waals surface area contributed by atoms with Crippen LogP contribution in [0.1, 0.15) is 32.6 Å². The number of hydrogen-bond acceptors (Lipinski definition) is 6. The molecule has 7 nitrogen and oxygen atoms in total. The minimum atomic E-state index is -1.66. The molecule has 0 saturated heterocycles. The van der Waals surface area contributed by atoms with E-state index in [1.54, 1.807) is 0 Å². The molecule has 0 radical (unpaired) electrons. The Balaban J connectivity index is 2.97. The SMILES string of the molecule is CCCCCC1=C(CO)[C@@H](O)[C@H](OC(=O)O)[C@@H](O)[C@H]1O. The second-order valence-corrected chi connectivity index (χ2v) is 4.89. The van der Waals surface area contributed by atoms with Crippen LogP contribution in [-0.4, -0.2) is 62.7 Å². The van der Waals surface area contributed by atoms with Crippen molar-refractivity contribution in [1.82, 2.24) is 0 Å². The fraction of sp³-hybridized carbons (Fsp3) is 0.769. The summed E-state index contributed by atoms with van der Waals surface area (Å²) >= 11 is 0. The molecule has 0 bridgehead atoms. The van der Waals surface area contributed by atoms with Crippen molar-refractivity contribution >= 4 is 6.16 Å². The van der Waals surface area contributed by atoms with E-state index >= 15 is 0 Å². The molecule has 0 aromatic rings. The molecule has 5 N–H and O–H groups in total. The van der Waals surface area contributed by atoms with E-state index in [1.165, 1.54) is 0 Å². The molecule has 1 aliphatic carbocycles. The average molecular weight is 290 g/mol. The van der Waals surface area contributed by atoms with Gasteiger partial charge in [0.15, 0.2) is 6.10 Å². The van der Waals surface area contributed by atoms with Gasteiger partial charge in [-0.15, -0.1) is 0 Å². The molecule has 0 heterocycles. The monoisotopic (exact) mass is 290 g/mol. The molecule has 1 aliphatic rings. The van der Waals surface area contributed by atoms with Gasteiger partial charge >= 0.3 is 6.16 Å². The van der Waals surface area contributed by atoms with E-state index in [2.05, 4.69) is 4.74 Å². The van der Waals surface area contributed by atoms with Gasteiger partial charge < -0.3 is 30.3 Å². The molecule has 0 unspecified atom stereocenters. The summed E-state index contributed by atoms with van der Waals surface area (Å²) < 4.78 is 4.40. The van der Waals surface area contributed by atoms with E-state index in [4.69, 9.17) is 5.11 Å². The molecule has 7 heteroatoms. The van der Waals surface area contributed by atoms with Crippen molar-refractivity contribution in [2.75, 3.05) is 6.61 Å². The van der Waals surface area contributed by atoms with Gasteiger partial charge in [0, 0.05) is 0 Å². The van der Waals surface area contributed by atoms with Gasteiger partial charge in [-0.3, -0.25) is 0 Å². The second kappa shape index (κ2) is 7.58. The van der Waals surface area contributed by atoms with Crippen molar-refractivity contribution in [1.29, 1.82) is 0 Å². The predicted molar refractivity (Wildman–Crippen MR) is 69.2 cm³/mol. The molecule has 0 aromatic carbocycles. The Kier molecular flexibility index (Phi) is 6.41. The minimum Gasteiger partial charge on any atom is -0.450 e. The van der Waals surface area contributed by atoms with Crippen molar-refractivity contribution in [3.8, 4) is 0 Å². The number of ether oxygens (including phenoxy) is 1. The summed E-state index contributed by atoms with van der Waals surface area (Å²) in [5, 5.41) is 47.8. The van der Waals surface area contributed by atoms with Crippen LogP contribution < -0.4 is 0 Å². The molecule has 0 aliphatic heterocycles. The van der Waals surface area contributed by atoms with Gasteiger partial charge in [0.1, 0.15) is 18.3 Å². The third-order valence-corrected chi connectivity index (χ3v) is 3.55. The molecule has 0 spiro atoms. The normalized spacial score (nSPS) is 30.4. The van der Waals surface area contributed by atoms with Crippen LogP contribution >= 0.6 is 0 Å². The van der Waals surface area contributed by atoms with Crippen LogP contribution in [0.5, 0.6) is 0 Å². The van der Waals surface area contributed by atoms with Crippen LogP contribution in [0.2, 0.25) is 0 Å². The van der Waals surface area contributed by atoms with Gasteiger partial charge in [0.2, 0.25) is 0 Å². The maximum Gasteiger partial charge on any atom is 0.506 e. The fourth-order valence-corrected chi connectivity index (χ4v) is 2.47. The summed E-state index contributed by atoms with van der Waals surface area (Å²) in [6.45, 7) is 1.49. The third kappa shape index (κ3) is 3.69. The molecule has 20 heavy (non-hydrogen) atoms. The summed E-state index contributed by atoms with van der Waals surface area (Å²) in [5.41, 5.74) is 0.497. The Bertz CT molecular complexity index is 366. The van der Waals surface area contributed by atoms with E-state index in [1.807, 2.05) is 6.92 Å². The average Bonchev–Trinajstić information content (AvgIpc) is 2.40. The van der Waals surface area contributed by atoms with E-state index in [-0.39, 0.29) is 5.57 Å². The third-order valence-electron chi connectivity index (χ3n) is 3.55. The zero-order valence-electron chi connectivity index (χ0n) is 11.4. The summed E-state index contributed by atoms with van der Waals surface area (Å²) in [6, 6.07) is 0. The topological polar surface area (TPSA) is 127 Å². The Morgan fingerprint density at radius 1 is 1.15 bits per heavy atom. The number of aliphatic hydroxyl groups is 4. The molecule has 0 aromatic heterocycles. The molecular weight excluding hydrogens is 268 g/mol. The van der Waals surface area contributed by atoms with Gasteiger partial charge in [0.25, 0.3) is 0 Å². The van der Waals surface area contributed by atoms with E-state index in [0.717, 1.165) is 19.3 Å². The fourth-order valence-electron chi connectivity index (χ4n) is 2.47. The largest absolute Gasteiger partial charge is 0.506 e. The minimum absolute atomic E-state index is 0.130. The van der Waals surface area contributed by atoms with Gasteiger partial charge in [0.05, 0.1) is 6.61 Å². The number of carboxylic acid groups (broad SMARTS) is 1. The summed E-state index contributed by atoms with van der Waals surface area (Å²) in [5.74, 6) is 0. The number of rotatable bonds is 6. The van der Waals surface area contributed by atoms with Gasteiger partial charge in [-0.25, -0.2) is 4.79 Å². The van der Waals surface area contributed by atoms with Crippen molar-refractivity contribution in [2.24, 2.45) is 0 Å². The Morgan fingerprint density at radius 3 is 2.30 bits per heavy atom. The number of unbranched alkanes of at least 4 members (excludes halogenated alkanes) is 2. The highest BCUT2D eigenvalue weighted by molar-refractivity contribution is 5.57. The molecule has 116 valence electrons. The van der Waals surface area contributed by atoms with Crippen LogP contribution in [0.3, 0.4) is 0 Å². The van der Waals surface area contributed by atoms with Crippen molar-refractivity contribution in [2.45, 2.75) is 57.0 Å². The first-order chi connectivity index (χ1) is 9.43. The first kappa shape index (κ1) is 16.9. The van der Waals surface area contributed by atoms with Gasteiger partial charge in [-0.1, -0.05) is 19.8 Å². The molecule has 4 atom stereocenters. The van der Waals surface area contributed by atoms with E-state index in [9.17, 15) is 25.2 Å². The number of carbonyl (C=O) groups is 1. The molecule has 0 fully saturated rings. The van der Waals surface area contributed by atoms with Crippen LogP contribution in [0.25, 0.3) is 0 Å². The summed E-state index contributed by atoms with van der Waals surface area (Å²) in [7, 11) is 0. The molecule has 0 amide bonds. The lowest BCUT2D eigenvalue weighted by Crippen LogP contribution is -2.53. The zero-order valence-corrected chi connectivity index (χ0v) is 11.4. The highest BCUT2D eigenvalue weighted by Gasteiger charge is 2.44. The molecule has 0 saturated carbocycles. The summed E-state index contributed by atoms with van der Waals surface area (Å²) in [6.07, 6.45) is -4.45. The maximum atomic E-state index is 10.5. The van der Waals surface area contributed by atoms with Crippen LogP contribution in [0.4, 0.5) is 4.79 Å². The lowest BCUT2D eigenvalue weighted by molar-refractivity contribution is -0.112. The number of hydrogen-bond donors (Lipinski definition) is 5. The zero-order chi connectivity index (χ0) is 15.3. The van der Waals surface area contributed by atoms with E-state index < -0.39 is 37.2 Å². The maximum absolute atomic E-state index is 10.5. The van der Waals surface area contributed by atoms with Crippen molar-refractivity contribution in [3.05, 3.63) is 11.1 Å². The lowest BCUT2D eigenvalue weighted by Gasteiger charge is -2.37.